The summed E-state index contributed by atoms with van der Waals surface area (Å²) in [7, 11) is 0. The maximum atomic E-state index is 4.38. The molecule has 3 atom stereocenters. The third kappa shape index (κ3) is 2.27. The molecule has 2 bridgehead atoms. The molecule has 0 spiro atoms. The van der Waals surface area contributed by atoms with Crippen molar-refractivity contribution in [1.82, 2.24) is 4.98 Å². The zero-order chi connectivity index (χ0) is 13.4. The molecule has 102 valence electrons. The Labute approximate surface area is 123 Å². The van der Waals surface area contributed by atoms with Gasteiger partial charge in [-0.3, -0.25) is 0 Å². The average Bonchev–Trinajstić information content (AvgIpc) is 3.22. The second-order valence-corrected chi connectivity index (χ2v) is 6.73. The molecule has 1 fully saturated rings. The Kier molecular flexibility index (Phi) is 3.07. The Hall–Kier alpha value is -1.61. The summed E-state index contributed by atoms with van der Waals surface area (Å²) in [6.07, 6.45) is 9.43. The van der Waals surface area contributed by atoms with Gasteiger partial charge in [-0.1, -0.05) is 24.3 Å². The number of hydrogen-bond donors (Lipinski definition) is 1. The Morgan fingerprint density at radius 3 is 3.00 bits per heavy atom. The zero-order valence-electron chi connectivity index (χ0n) is 11.3. The van der Waals surface area contributed by atoms with Gasteiger partial charge in [0, 0.05) is 29.4 Å². The highest BCUT2D eigenvalue weighted by Crippen LogP contribution is 2.43. The number of hydrogen-bond acceptors (Lipinski definition) is 3. The molecule has 1 N–H and O–H groups in total. The fourth-order valence-electron chi connectivity index (χ4n) is 3.51. The summed E-state index contributed by atoms with van der Waals surface area (Å²) in [4.78, 5) is 4.38. The molecule has 3 heteroatoms. The van der Waals surface area contributed by atoms with Gasteiger partial charge < -0.3 is 5.32 Å². The standard InChI is InChI=1S/C17H18N2S/c1-2-14(17-18-6-7-20-17)10-16(3-1)19-11-15-9-12-4-5-13(15)8-12/h1-7,10,12-13,15,19H,8-9,11H2. The van der Waals surface area contributed by atoms with E-state index in [0.717, 1.165) is 29.3 Å². The van der Waals surface area contributed by atoms with Gasteiger partial charge >= 0.3 is 0 Å². The predicted molar refractivity (Wildman–Crippen MR) is 84.9 cm³/mol. The first-order valence-corrected chi connectivity index (χ1v) is 8.18. The van der Waals surface area contributed by atoms with Crippen LogP contribution in [0, 0.1) is 17.8 Å². The fraction of sp³-hybridized carbons (Fsp3) is 0.353. The lowest BCUT2D eigenvalue weighted by Crippen LogP contribution is -2.18. The fourth-order valence-corrected chi connectivity index (χ4v) is 4.14. The lowest BCUT2D eigenvalue weighted by Gasteiger charge is -2.19. The van der Waals surface area contributed by atoms with E-state index in [-0.39, 0.29) is 0 Å². The Bertz CT molecular complexity index is 618. The smallest absolute Gasteiger partial charge is 0.123 e. The maximum Gasteiger partial charge on any atom is 0.123 e. The van der Waals surface area contributed by atoms with Crippen LogP contribution in [0.3, 0.4) is 0 Å². The van der Waals surface area contributed by atoms with Gasteiger partial charge in [0.05, 0.1) is 0 Å². The monoisotopic (exact) mass is 282 g/mol. The zero-order valence-corrected chi connectivity index (χ0v) is 12.1. The molecule has 2 nitrogen and oxygen atoms in total. The number of anilines is 1. The van der Waals surface area contributed by atoms with Crippen molar-refractivity contribution in [3.63, 3.8) is 0 Å². The molecule has 1 aromatic heterocycles. The van der Waals surface area contributed by atoms with E-state index in [0.29, 0.717) is 0 Å². The highest BCUT2D eigenvalue weighted by atomic mass is 32.1. The van der Waals surface area contributed by atoms with Crippen LogP contribution in [0.4, 0.5) is 5.69 Å². The number of thiazole rings is 1. The maximum absolute atomic E-state index is 4.38. The summed E-state index contributed by atoms with van der Waals surface area (Å²) in [5.74, 6) is 2.48. The minimum absolute atomic E-state index is 0.813. The molecule has 2 aliphatic carbocycles. The number of nitrogens with one attached hydrogen (secondary N) is 1. The van der Waals surface area contributed by atoms with Crippen LogP contribution < -0.4 is 5.32 Å². The molecular formula is C17H18N2S. The molecule has 3 unspecified atom stereocenters. The van der Waals surface area contributed by atoms with Gasteiger partial charge in [0.25, 0.3) is 0 Å². The Balaban J connectivity index is 1.44. The molecular weight excluding hydrogens is 264 g/mol. The summed E-state index contributed by atoms with van der Waals surface area (Å²) in [5, 5.41) is 6.74. The first-order valence-electron chi connectivity index (χ1n) is 7.30. The highest BCUT2D eigenvalue weighted by Gasteiger charge is 2.35. The molecule has 2 aromatic rings. The van der Waals surface area contributed by atoms with Crippen LogP contribution in [0.5, 0.6) is 0 Å². The van der Waals surface area contributed by atoms with E-state index in [2.05, 4.69) is 46.7 Å². The summed E-state index contributed by atoms with van der Waals surface area (Å²) in [6, 6.07) is 8.60. The van der Waals surface area contributed by atoms with Crippen LogP contribution in [0.25, 0.3) is 10.6 Å². The minimum Gasteiger partial charge on any atom is -0.385 e. The molecule has 1 heterocycles. The minimum atomic E-state index is 0.813. The van der Waals surface area contributed by atoms with Crippen LogP contribution in [0.1, 0.15) is 12.8 Å². The van der Waals surface area contributed by atoms with E-state index in [1.807, 2.05) is 11.6 Å². The third-order valence-electron chi connectivity index (χ3n) is 4.53. The van der Waals surface area contributed by atoms with Crippen molar-refractivity contribution in [1.29, 1.82) is 0 Å². The first kappa shape index (κ1) is 12.2. The molecule has 0 aliphatic heterocycles. The third-order valence-corrected chi connectivity index (χ3v) is 5.35. The quantitative estimate of drug-likeness (QED) is 0.839. The summed E-state index contributed by atoms with van der Waals surface area (Å²) in [6.45, 7) is 1.09. The van der Waals surface area contributed by atoms with E-state index in [1.54, 1.807) is 11.3 Å². The van der Waals surface area contributed by atoms with Crippen LogP contribution >= 0.6 is 11.3 Å². The summed E-state index contributed by atoms with van der Waals surface area (Å²) in [5.41, 5.74) is 2.42. The van der Waals surface area contributed by atoms with Crippen molar-refractivity contribution in [3.8, 4) is 10.6 Å². The van der Waals surface area contributed by atoms with E-state index in [1.165, 1.54) is 24.1 Å². The van der Waals surface area contributed by atoms with Crippen LogP contribution in [-0.2, 0) is 0 Å². The van der Waals surface area contributed by atoms with Crippen LogP contribution in [-0.4, -0.2) is 11.5 Å². The number of rotatable bonds is 4. The van der Waals surface area contributed by atoms with E-state index in [9.17, 15) is 0 Å². The first-order chi connectivity index (χ1) is 9.88. The SMILES string of the molecule is C1=CC2CC1CC2CNc1cccc(-c2nccs2)c1. The Morgan fingerprint density at radius 1 is 1.25 bits per heavy atom. The van der Waals surface area contributed by atoms with Crippen molar-refractivity contribution in [3.05, 3.63) is 48.0 Å². The lowest BCUT2D eigenvalue weighted by molar-refractivity contribution is 0.472. The molecule has 2 aliphatic rings. The second-order valence-electron chi connectivity index (χ2n) is 5.84. The lowest BCUT2D eigenvalue weighted by atomic mass is 9.93. The van der Waals surface area contributed by atoms with Crippen molar-refractivity contribution in [2.45, 2.75) is 12.8 Å². The predicted octanol–water partition coefficient (Wildman–Crippen LogP) is 4.43. The molecule has 0 amide bonds. The van der Waals surface area contributed by atoms with Gasteiger partial charge in [-0.15, -0.1) is 11.3 Å². The van der Waals surface area contributed by atoms with Crippen molar-refractivity contribution >= 4 is 17.0 Å². The molecule has 20 heavy (non-hydrogen) atoms. The number of aromatic nitrogens is 1. The number of fused-ring (bicyclic) bond motifs is 2. The molecule has 4 rings (SSSR count). The van der Waals surface area contributed by atoms with E-state index in [4.69, 9.17) is 0 Å². The van der Waals surface area contributed by atoms with Crippen molar-refractivity contribution in [2.24, 2.45) is 17.8 Å². The molecule has 1 saturated carbocycles. The molecule has 1 aromatic carbocycles. The Morgan fingerprint density at radius 2 is 2.25 bits per heavy atom. The largest absolute Gasteiger partial charge is 0.385 e. The van der Waals surface area contributed by atoms with Crippen molar-refractivity contribution in [2.75, 3.05) is 11.9 Å². The second kappa shape index (κ2) is 5.06. The summed E-state index contributed by atoms with van der Waals surface area (Å²) < 4.78 is 0. The van der Waals surface area contributed by atoms with Crippen LogP contribution in [0.2, 0.25) is 0 Å². The number of nitrogens with zero attached hydrogens (tertiary/aromatic N) is 1. The van der Waals surface area contributed by atoms with E-state index < -0.39 is 0 Å². The highest BCUT2D eigenvalue weighted by molar-refractivity contribution is 7.13. The van der Waals surface area contributed by atoms with E-state index >= 15 is 0 Å². The average molecular weight is 282 g/mol. The summed E-state index contributed by atoms with van der Waals surface area (Å²) >= 11 is 1.69. The topological polar surface area (TPSA) is 24.9 Å². The molecule has 0 radical (unpaired) electrons. The normalized spacial score (nSPS) is 27.1. The number of benzene rings is 1. The van der Waals surface area contributed by atoms with Crippen LogP contribution in [0.15, 0.2) is 48.0 Å². The van der Waals surface area contributed by atoms with Gasteiger partial charge in [-0.05, 0) is 42.7 Å². The van der Waals surface area contributed by atoms with Gasteiger partial charge in [0.2, 0.25) is 0 Å². The molecule has 0 saturated heterocycles. The van der Waals surface area contributed by atoms with Gasteiger partial charge in [0.1, 0.15) is 5.01 Å². The van der Waals surface area contributed by atoms with Gasteiger partial charge in [0.15, 0.2) is 0 Å². The van der Waals surface area contributed by atoms with Crippen molar-refractivity contribution < 1.29 is 0 Å². The number of allylic oxidation sites excluding steroid dienone is 2. The van der Waals surface area contributed by atoms with Gasteiger partial charge in [-0.2, -0.15) is 0 Å². The van der Waals surface area contributed by atoms with Gasteiger partial charge in [-0.25, -0.2) is 4.98 Å².